The van der Waals surface area contributed by atoms with Crippen molar-refractivity contribution in [2.24, 2.45) is 0 Å². The monoisotopic (exact) mass is 426 g/mol. The molecule has 0 bridgehead atoms. The van der Waals surface area contributed by atoms with Gasteiger partial charge in [-0.15, -0.1) is 0 Å². The van der Waals surface area contributed by atoms with E-state index in [9.17, 15) is 14.7 Å². The van der Waals surface area contributed by atoms with E-state index in [4.69, 9.17) is 13.9 Å². The van der Waals surface area contributed by atoms with Crippen LogP contribution in [0, 0.1) is 13.8 Å². The van der Waals surface area contributed by atoms with Crippen molar-refractivity contribution in [1.82, 2.24) is 0 Å². The Balaban J connectivity index is 1.66. The average molecular weight is 426 g/mol. The van der Waals surface area contributed by atoms with E-state index in [1.54, 1.807) is 31.4 Å². The van der Waals surface area contributed by atoms with Gasteiger partial charge in [-0.05, 0) is 49.7 Å². The van der Waals surface area contributed by atoms with E-state index in [1.165, 1.54) is 13.0 Å². The van der Waals surface area contributed by atoms with Crippen molar-refractivity contribution in [1.29, 1.82) is 0 Å². The first-order valence-corrected chi connectivity index (χ1v) is 9.83. The van der Waals surface area contributed by atoms with Crippen molar-refractivity contribution in [3.8, 4) is 11.5 Å². The first-order valence-electron chi connectivity index (χ1n) is 9.83. The van der Waals surface area contributed by atoms with E-state index in [1.807, 2.05) is 19.9 Å². The van der Waals surface area contributed by atoms with Crippen molar-refractivity contribution < 1.29 is 23.8 Å². The number of methoxy groups -OCH3 is 1. The van der Waals surface area contributed by atoms with E-state index < -0.39 is 11.7 Å². The molecule has 0 aliphatic heterocycles. The summed E-state index contributed by atoms with van der Waals surface area (Å²) < 4.78 is 16.4. The first kappa shape index (κ1) is 22.2. The van der Waals surface area contributed by atoms with Crippen LogP contribution >= 0.6 is 0 Å². The van der Waals surface area contributed by atoms with Crippen LogP contribution in [0.3, 0.4) is 0 Å². The number of carbonyl (C=O) groups is 1. The molecule has 3 aromatic rings. The van der Waals surface area contributed by atoms with Gasteiger partial charge < -0.3 is 29.6 Å². The van der Waals surface area contributed by atoms with Gasteiger partial charge in [0.15, 0.2) is 0 Å². The van der Waals surface area contributed by atoms with Crippen LogP contribution in [0.25, 0.3) is 11.0 Å². The molecule has 1 heterocycles. The van der Waals surface area contributed by atoms with Crippen molar-refractivity contribution in [3.05, 3.63) is 57.9 Å². The van der Waals surface area contributed by atoms with E-state index in [-0.39, 0.29) is 19.1 Å². The molecule has 8 nitrogen and oxygen atoms in total. The summed E-state index contributed by atoms with van der Waals surface area (Å²) in [6.45, 7) is 5.32. The average Bonchev–Trinajstić information content (AvgIpc) is 2.72. The van der Waals surface area contributed by atoms with Gasteiger partial charge in [-0.25, -0.2) is 4.79 Å². The molecule has 0 spiro atoms. The zero-order valence-corrected chi connectivity index (χ0v) is 17.9. The summed E-state index contributed by atoms with van der Waals surface area (Å²) in [5.41, 5.74) is 2.85. The molecule has 0 saturated carbocycles. The molecule has 1 atom stereocenters. The number of nitrogens with one attached hydrogen (secondary N) is 2. The highest BCUT2D eigenvalue weighted by molar-refractivity contribution is 5.89. The molecular formula is C23H26N2O6. The Morgan fingerprint density at radius 3 is 2.61 bits per heavy atom. The maximum atomic E-state index is 11.7. The number of rotatable bonds is 8. The van der Waals surface area contributed by atoms with Crippen LogP contribution in [0.15, 0.2) is 45.6 Å². The lowest BCUT2D eigenvalue weighted by Crippen LogP contribution is -2.26. The predicted octanol–water partition coefficient (Wildman–Crippen LogP) is 3.23. The fraction of sp³-hybridized carbons (Fsp3) is 0.304. The largest absolute Gasteiger partial charge is 0.495 e. The second kappa shape index (κ2) is 9.53. The van der Waals surface area contributed by atoms with Gasteiger partial charge in [-0.1, -0.05) is 0 Å². The summed E-state index contributed by atoms with van der Waals surface area (Å²) in [7, 11) is 1.54. The summed E-state index contributed by atoms with van der Waals surface area (Å²) in [5, 5.41) is 17.0. The van der Waals surface area contributed by atoms with Gasteiger partial charge in [0.05, 0.1) is 12.8 Å². The topological polar surface area (TPSA) is 110 Å². The van der Waals surface area contributed by atoms with Crippen LogP contribution in [0.1, 0.15) is 18.1 Å². The summed E-state index contributed by atoms with van der Waals surface area (Å²) in [6, 6.07) is 10.3. The van der Waals surface area contributed by atoms with Gasteiger partial charge in [-0.3, -0.25) is 4.79 Å². The lowest BCUT2D eigenvalue weighted by molar-refractivity contribution is -0.114. The fourth-order valence-electron chi connectivity index (χ4n) is 3.26. The highest BCUT2D eigenvalue weighted by atomic mass is 16.5. The second-order valence-electron chi connectivity index (χ2n) is 7.26. The molecule has 0 unspecified atom stereocenters. The molecule has 0 aliphatic rings. The van der Waals surface area contributed by atoms with Gasteiger partial charge in [0.25, 0.3) is 0 Å². The number of hydrogen-bond acceptors (Lipinski definition) is 7. The van der Waals surface area contributed by atoms with Crippen LogP contribution in [-0.4, -0.2) is 37.4 Å². The number of benzene rings is 2. The smallest absolute Gasteiger partial charge is 0.336 e. The van der Waals surface area contributed by atoms with Crippen molar-refractivity contribution in [3.63, 3.8) is 0 Å². The zero-order chi connectivity index (χ0) is 22.5. The fourth-order valence-corrected chi connectivity index (χ4v) is 3.26. The van der Waals surface area contributed by atoms with Gasteiger partial charge in [0, 0.05) is 36.2 Å². The molecule has 3 rings (SSSR count). The van der Waals surface area contributed by atoms with E-state index in [0.29, 0.717) is 34.0 Å². The van der Waals surface area contributed by atoms with Crippen LogP contribution in [0.5, 0.6) is 11.5 Å². The molecular weight excluding hydrogens is 400 g/mol. The molecule has 8 heteroatoms. The summed E-state index contributed by atoms with van der Waals surface area (Å²) >= 11 is 0. The van der Waals surface area contributed by atoms with E-state index in [0.717, 1.165) is 10.9 Å². The number of aryl methyl sites for hydroxylation is 2. The third kappa shape index (κ3) is 5.35. The zero-order valence-electron chi connectivity index (χ0n) is 17.9. The van der Waals surface area contributed by atoms with Gasteiger partial charge >= 0.3 is 5.63 Å². The van der Waals surface area contributed by atoms with Gasteiger partial charge in [0.1, 0.15) is 29.8 Å². The molecule has 0 fully saturated rings. The maximum Gasteiger partial charge on any atom is 0.336 e. The number of hydrogen-bond donors (Lipinski definition) is 3. The van der Waals surface area contributed by atoms with Crippen LogP contribution in [-0.2, 0) is 4.79 Å². The van der Waals surface area contributed by atoms with Crippen molar-refractivity contribution in [2.75, 3.05) is 30.9 Å². The molecule has 1 amide bonds. The third-order valence-electron chi connectivity index (χ3n) is 4.80. The van der Waals surface area contributed by atoms with Crippen LogP contribution < -0.4 is 25.7 Å². The number of anilines is 2. The minimum absolute atomic E-state index is 0.0308. The third-order valence-corrected chi connectivity index (χ3v) is 4.80. The number of aliphatic hydroxyl groups excluding tert-OH is 1. The Hall–Kier alpha value is -3.52. The Kier molecular flexibility index (Phi) is 6.81. The number of aliphatic hydroxyl groups is 1. The molecule has 0 radical (unpaired) electrons. The van der Waals surface area contributed by atoms with Gasteiger partial charge in [0.2, 0.25) is 5.91 Å². The number of amides is 1. The number of ether oxygens (including phenoxy) is 2. The Bertz CT molecular complexity index is 1150. The van der Waals surface area contributed by atoms with Gasteiger partial charge in [-0.2, -0.15) is 0 Å². The SMILES string of the molecule is COc1ccc(NC(C)=O)cc1NC[C@@H](O)COc1ccc2c(C)cc(=O)oc2c1C. The molecule has 0 saturated heterocycles. The molecule has 164 valence electrons. The lowest BCUT2D eigenvalue weighted by Gasteiger charge is -2.17. The standard InChI is InChI=1S/C23H26N2O6/c1-13-9-22(28)31-23-14(2)20(8-6-18(13)23)30-12-17(27)11-24-19-10-16(25-15(3)26)5-7-21(19)29-4/h5-10,17,24,27H,11-12H2,1-4H3,(H,25,26)/t17-/m1/s1. The first-order chi connectivity index (χ1) is 14.8. The summed E-state index contributed by atoms with van der Waals surface area (Å²) in [4.78, 5) is 23.0. The van der Waals surface area contributed by atoms with Crippen LogP contribution in [0.2, 0.25) is 0 Å². The summed E-state index contributed by atoms with van der Waals surface area (Å²) in [5.74, 6) is 0.935. The molecule has 1 aromatic heterocycles. The lowest BCUT2D eigenvalue weighted by atomic mass is 10.1. The number of fused-ring (bicyclic) bond motifs is 1. The van der Waals surface area contributed by atoms with Crippen molar-refractivity contribution >= 4 is 28.3 Å². The Labute approximate surface area is 179 Å². The summed E-state index contributed by atoms with van der Waals surface area (Å²) in [6.07, 6.45) is -0.825. The molecule has 0 aliphatic carbocycles. The maximum absolute atomic E-state index is 11.7. The van der Waals surface area contributed by atoms with E-state index >= 15 is 0 Å². The minimum Gasteiger partial charge on any atom is -0.495 e. The molecule has 3 N–H and O–H groups in total. The normalized spacial score (nSPS) is 11.8. The van der Waals surface area contributed by atoms with Crippen LogP contribution in [0.4, 0.5) is 11.4 Å². The Morgan fingerprint density at radius 1 is 1.16 bits per heavy atom. The minimum atomic E-state index is -0.825. The predicted molar refractivity (Wildman–Crippen MR) is 119 cm³/mol. The molecule has 31 heavy (non-hydrogen) atoms. The second-order valence-corrected chi connectivity index (χ2v) is 7.26. The van der Waals surface area contributed by atoms with Crippen molar-refractivity contribution in [2.45, 2.75) is 26.9 Å². The highest BCUT2D eigenvalue weighted by Gasteiger charge is 2.13. The van der Waals surface area contributed by atoms with E-state index in [2.05, 4.69) is 10.6 Å². The Morgan fingerprint density at radius 2 is 1.90 bits per heavy atom. The quantitative estimate of drug-likeness (QED) is 0.474. The number of carbonyl (C=O) groups excluding carboxylic acids is 1. The highest BCUT2D eigenvalue weighted by Crippen LogP contribution is 2.29. The molecule has 2 aromatic carbocycles.